The molecule has 0 aliphatic heterocycles. The molecule has 0 saturated heterocycles. The molecule has 0 aromatic carbocycles. The fourth-order valence-electron chi connectivity index (χ4n) is 1.77. The molecule has 3 heteroatoms. The molecular formula is C12H16ClOTi. The van der Waals surface area contributed by atoms with Gasteiger partial charge in [0.1, 0.15) is 0 Å². The predicted octanol–water partition coefficient (Wildman–Crippen LogP) is 3.67. The van der Waals surface area contributed by atoms with Crippen LogP contribution in [0.3, 0.4) is 0 Å². The molecule has 15 heavy (non-hydrogen) atoms. The molecule has 2 aliphatic rings. The van der Waals surface area contributed by atoms with Gasteiger partial charge in [0.05, 0.1) is 0 Å². The van der Waals surface area contributed by atoms with Crippen molar-refractivity contribution in [3.05, 3.63) is 44.2 Å². The second-order valence-corrected chi connectivity index (χ2v) is 6.89. The standard InChI is InChI=1S/2C5H5.C2H5O.ClH.Ti/c2*1-2-4-5-3-1;1-2-3;;/h2*1-3H,4H2;2H2,1H3;1H;/q;;-1;;+1. The van der Waals surface area contributed by atoms with E-state index in [9.17, 15) is 0 Å². The van der Waals surface area contributed by atoms with Crippen molar-refractivity contribution in [3.63, 3.8) is 0 Å². The van der Waals surface area contributed by atoms with Crippen molar-refractivity contribution in [1.29, 1.82) is 0 Å². The summed E-state index contributed by atoms with van der Waals surface area (Å²) in [4.78, 5) is 0. The fourth-order valence-corrected chi connectivity index (χ4v) is 5.16. The summed E-state index contributed by atoms with van der Waals surface area (Å²) >= 11 is -1.53. The van der Waals surface area contributed by atoms with E-state index >= 15 is 0 Å². The second-order valence-electron chi connectivity index (χ2n) is 3.41. The topological polar surface area (TPSA) is 9.23 Å². The Balaban J connectivity index is 0.00000112. The van der Waals surface area contributed by atoms with Crippen molar-refractivity contribution in [3.8, 4) is 0 Å². The van der Waals surface area contributed by atoms with E-state index in [1.165, 1.54) is 0 Å². The maximum absolute atomic E-state index is 5.96. The molecule has 0 aromatic rings. The van der Waals surface area contributed by atoms with Crippen LogP contribution in [-0.2, 0) is 21.6 Å². The normalized spacial score (nSPS) is 17.4. The van der Waals surface area contributed by atoms with Gasteiger partial charge in [0.15, 0.2) is 0 Å². The quantitative estimate of drug-likeness (QED) is 0.700. The molecule has 81 valence electrons. The molecule has 0 spiro atoms. The Morgan fingerprint density at radius 3 is 2.00 bits per heavy atom. The van der Waals surface area contributed by atoms with Gasteiger partial charge in [0, 0.05) is 0 Å². The summed E-state index contributed by atoms with van der Waals surface area (Å²) in [5, 5.41) is 0. The minimum Gasteiger partial charge on any atom is -0.147 e. The van der Waals surface area contributed by atoms with E-state index in [0.29, 0.717) is 0 Å². The van der Waals surface area contributed by atoms with E-state index in [1.807, 2.05) is 0 Å². The smallest absolute Gasteiger partial charge is 0.147 e. The number of hydrogen-bond acceptors (Lipinski definition) is 1. The van der Waals surface area contributed by atoms with E-state index in [2.05, 4.69) is 43.4 Å². The van der Waals surface area contributed by atoms with Gasteiger partial charge in [-0.1, -0.05) is 0 Å². The summed E-state index contributed by atoms with van der Waals surface area (Å²) < 4.78 is 9.07. The van der Waals surface area contributed by atoms with Crippen molar-refractivity contribution in [1.82, 2.24) is 0 Å². The van der Waals surface area contributed by atoms with Gasteiger partial charge in [-0.2, -0.15) is 0 Å². The minimum atomic E-state index is -1.53. The van der Waals surface area contributed by atoms with Gasteiger partial charge >= 0.3 is 92.2 Å². The minimum absolute atomic E-state index is 0. The molecule has 0 unspecified atom stereocenters. The first-order valence-electron chi connectivity index (χ1n) is 5.13. The van der Waals surface area contributed by atoms with Crippen LogP contribution < -0.4 is 0 Å². The first-order valence-corrected chi connectivity index (χ1v) is 7.33. The number of allylic oxidation sites excluding steroid dienone is 8. The Labute approximate surface area is 104 Å². The molecular weight excluding hydrogens is 243 g/mol. The first kappa shape index (κ1) is 13.0. The maximum Gasteiger partial charge on any atom is -0.147 e. The Morgan fingerprint density at radius 2 is 1.67 bits per heavy atom. The van der Waals surface area contributed by atoms with Crippen molar-refractivity contribution in [2.45, 2.75) is 19.8 Å². The Morgan fingerprint density at radius 1 is 1.13 bits per heavy atom. The average molecular weight is 260 g/mol. The molecule has 2 rings (SSSR count). The summed E-state index contributed by atoms with van der Waals surface area (Å²) in [5.41, 5.74) is 0. The van der Waals surface area contributed by atoms with E-state index in [1.54, 1.807) is 7.76 Å². The summed E-state index contributed by atoms with van der Waals surface area (Å²) in [6.07, 6.45) is 15.5. The van der Waals surface area contributed by atoms with Gasteiger partial charge in [0.2, 0.25) is 0 Å². The van der Waals surface area contributed by atoms with Crippen molar-refractivity contribution in [2.75, 3.05) is 6.61 Å². The molecule has 0 N–H and O–H groups in total. The van der Waals surface area contributed by atoms with Crippen LogP contribution >= 0.6 is 12.4 Å². The van der Waals surface area contributed by atoms with Crippen LogP contribution in [0.25, 0.3) is 0 Å². The van der Waals surface area contributed by atoms with Crippen LogP contribution in [0.2, 0.25) is 0 Å². The molecule has 0 amide bonds. The molecule has 0 atom stereocenters. The molecule has 2 aliphatic carbocycles. The first-order chi connectivity index (χ1) is 6.92. The predicted molar refractivity (Wildman–Crippen MR) is 62.6 cm³/mol. The van der Waals surface area contributed by atoms with E-state index < -0.39 is 18.3 Å². The molecule has 0 radical (unpaired) electrons. The van der Waals surface area contributed by atoms with Gasteiger partial charge in [-0.3, -0.25) is 0 Å². The summed E-state index contributed by atoms with van der Waals surface area (Å²) in [6, 6.07) is 0. The summed E-state index contributed by atoms with van der Waals surface area (Å²) in [7, 11) is 0. The zero-order valence-electron chi connectivity index (χ0n) is 8.90. The Bertz CT molecular complexity index is 299. The van der Waals surface area contributed by atoms with Crippen LogP contribution in [-0.4, -0.2) is 6.61 Å². The van der Waals surface area contributed by atoms with Gasteiger partial charge in [-0.05, 0) is 0 Å². The van der Waals surface area contributed by atoms with Gasteiger partial charge in [-0.15, -0.1) is 12.4 Å². The van der Waals surface area contributed by atoms with Crippen LogP contribution in [0.1, 0.15) is 19.8 Å². The van der Waals surface area contributed by atoms with E-state index in [-0.39, 0.29) is 12.4 Å². The van der Waals surface area contributed by atoms with Crippen molar-refractivity contribution >= 4 is 12.4 Å². The number of rotatable bonds is 4. The third kappa shape index (κ3) is 3.19. The Hall–Kier alpha value is -0.0757. The summed E-state index contributed by atoms with van der Waals surface area (Å²) in [6.45, 7) is 2.95. The molecule has 0 heterocycles. The van der Waals surface area contributed by atoms with Gasteiger partial charge in [0.25, 0.3) is 0 Å². The largest absolute Gasteiger partial charge is 0.147 e. The zero-order valence-corrected chi connectivity index (χ0v) is 11.3. The van der Waals surface area contributed by atoms with Crippen LogP contribution in [0.5, 0.6) is 0 Å². The SMILES string of the molecule is CC[O][Ti]([C]1=CC=CC1)[C]1=CC=CC1.Cl. The third-order valence-electron chi connectivity index (χ3n) is 2.41. The van der Waals surface area contributed by atoms with Gasteiger partial charge < -0.3 is 0 Å². The zero-order chi connectivity index (χ0) is 9.80. The third-order valence-corrected chi connectivity index (χ3v) is 6.30. The average Bonchev–Trinajstić information content (AvgIpc) is 2.87. The second kappa shape index (κ2) is 6.49. The fraction of sp³-hybridized carbons (Fsp3) is 0.333. The molecule has 0 aromatic heterocycles. The summed E-state index contributed by atoms with van der Waals surface area (Å²) in [5.74, 6) is 0. The van der Waals surface area contributed by atoms with Crippen molar-refractivity contribution in [2.24, 2.45) is 0 Å². The van der Waals surface area contributed by atoms with Crippen molar-refractivity contribution < 1.29 is 21.6 Å². The molecule has 1 nitrogen and oxygen atoms in total. The monoisotopic (exact) mass is 259 g/mol. The van der Waals surface area contributed by atoms with Crippen LogP contribution in [0.15, 0.2) is 44.2 Å². The maximum atomic E-state index is 5.96. The van der Waals surface area contributed by atoms with Crippen LogP contribution in [0.4, 0.5) is 0 Å². The van der Waals surface area contributed by atoms with E-state index in [0.717, 1.165) is 19.4 Å². The Kier molecular flexibility index (Phi) is 5.62. The van der Waals surface area contributed by atoms with Crippen LogP contribution in [0, 0.1) is 0 Å². The molecule has 0 fully saturated rings. The molecule has 0 saturated carbocycles. The van der Waals surface area contributed by atoms with E-state index in [4.69, 9.17) is 3.32 Å². The number of hydrogen-bond donors (Lipinski definition) is 0. The number of halogens is 1. The molecule has 0 bridgehead atoms. The van der Waals surface area contributed by atoms with Gasteiger partial charge in [-0.25, -0.2) is 0 Å².